The van der Waals surface area contributed by atoms with E-state index in [1.54, 1.807) is 0 Å². The van der Waals surface area contributed by atoms with E-state index >= 15 is 0 Å². The summed E-state index contributed by atoms with van der Waals surface area (Å²) in [6.07, 6.45) is 0. The van der Waals surface area contributed by atoms with Gasteiger partial charge in [-0.1, -0.05) is 0 Å². The molecule has 0 saturated heterocycles. The molecule has 0 bridgehead atoms. The first kappa shape index (κ1) is 15.3. The number of hydrogen-bond acceptors (Lipinski definition) is 5. The van der Waals surface area contributed by atoms with Crippen molar-refractivity contribution in [2.75, 3.05) is 39.8 Å². The molecule has 0 aromatic carbocycles. The first-order chi connectivity index (χ1) is 7.99. The van der Waals surface area contributed by atoms with Crippen molar-refractivity contribution in [1.82, 2.24) is 15.5 Å². The Balaban J connectivity index is 4.22. The van der Waals surface area contributed by atoms with Gasteiger partial charge in [-0.15, -0.1) is 0 Å². The normalized spacial score (nSPS) is 10.1. The van der Waals surface area contributed by atoms with Crippen LogP contribution in [0.4, 0.5) is 0 Å². The van der Waals surface area contributed by atoms with Gasteiger partial charge in [-0.3, -0.25) is 19.3 Å². The van der Waals surface area contributed by atoms with Gasteiger partial charge in [0.25, 0.3) is 0 Å². The summed E-state index contributed by atoms with van der Waals surface area (Å²) in [7, 11) is 1.45. The molecule has 0 aromatic heterocycles. The van der Waals surface area contributed by atoms with Gasteiger partial charge in [-0.05, 0) is 0 Å². The summed E-state index contributed by atoms with van der Waals surface area (Å²) in [5.74, 6) is -1.32. The average Bonchev–Trinajstić information content (AvgIpc) is 2.25. The maximum absolute atomic E-state index is 11.3. The minimum absolute atomic E-state index is 0.0913. The van der Waals surface area contributed by atoms with Gasteiger partial charge in [0.2, 0.25) is 17.7 Å². The Kier molecular flexibility index (Phi) is 7.65. The van der Waals surface area contributed by atoms with Crippen molar-refractivity contribution in [2.24, 2.45) is 5.73 Å². The molecule has 0 heterocycles. The number of amides is 3. The van der Waals surface area contributed by atoms with Gasteiger partial charge in [0.15, 0.2) is 0 Å². The molecule has 0 aliphatic carbocycles. The molecule has 0 saturated carbocycles. The van der Waals surface area contributed by atoms with Crippen molar-refractivity contribution in [3.63, 3.8) is 0 Å². The summed E-state index contributed by atoms with van der Waals surface area (Å²) in [4.78, 5) is 34.5. The van der Waals surface area contributed by atoms with E-state index in [1.807, 2.05) is 0 Å². The Labute approximate surface area is 99.1 Å². The zero-order valence-corrected chi connectivity index (χ0v) is 9.73. The van der Waals surface area contributed by atoms with Crippen LogP contribution in [0.3, 0.4) is 0 Å². The van der Waals surface area contributed by atoms with E-state index in [-0.39, 0.29) is 44.6 Å². The zero-order chi connectivity index (χ0) is 13.3. The molecule has 0 aliphatic heterocycles. The third-order valence-corrected chi connectivity index (χ3v) is 1.83. The third-order valence-electron chi connectivity index (χ3n) is 1.83. The Morgan fingerprint density at radius 1 is 1.18 bits per heavy atom. The van der Waals surface area contributed by atoms with Gasteiger partial charge in [-0.2, -0.15) is 0 Å². The van der Waals surface area contributed by atoms with Gasteiger partial charge in [0.05, 0.1) is 26.2 Å². The van der Waals surface area contributed by atoms with Crippen LogP contribution in [0, 0.1) is 0 Å². The van der Waals surface area contributed by atoms with E-state index in [9.17, 15) is 14.4 Å². The molecule has 8 nitrogen and oxygen atoms in total. The minimum atomic E-state index is -0.621. The van der Waals surface area contributed by atoms with Crippen molar-refractivity contribution in [3.05, 3.63) is 0 Å². The molecule has 0 rings (SSSR count). The molecule has 5 N–H and O–H groups in total. The lowest BCUT2D eigenvalue weighted by Crippen LogP contribution is -2.45. The van der Waals surface area contributed by atoms with Crippen LogP contribution in [0.25, 0.3) is 0 Å². The number of primary amides is 1. The number of aliphatic hydroxyl groups is 1. The molecular weight excluding hydrogens is 228 g/mol. The van der Waals surface area contributed by atoms with Crippen LogP contribution in [0.1, 0.15) is 0 Å². The van der Waals surface area contributed by atoms with Crippen LogP contribution in [0.5, 0.6) is 0 Å². The average molecular weight is 246 g/mol. The summed E-state index contributed by atoms with van der Waals surface area (Å²) in [6, 6.07) is 0. The quantitative estimate of drug-likeness (QED) is 0.356. The van der Waals surface area contributed by atoms with Crippen LogP contribution in [-0.4, -0.2) is 67.6 Å². The molecule has 3 amide bonds. The SMILES string of the molecule is CNC(=O)CN(CC(N)=O)CC(=O)NCCO. The van der Waals surface area contributed by atoms with Crippen LogP contribution < -0.4 is 16.4 Å². The van der Waals surface area contributed by atoms with Crippen molar-refractivity contribution < 1.29 is 19.5 Å². The van der Waals surface area contributed by atoms with E-state index in [1.165, 1.54) is 11.9 Å². The number of rotatable bonds is 8. The monoisotopic (exact) mass is 246 g/mol. The Morgan fingerprint density at radius 2 is 1.76 bits per heavy atom. The third kappa shape index (κ3) is 8.17. The largest absolute Gasteiger partial charge is 0.395 e. The van der Waals surface area contributed by atoms with Gasteiger partial charge < -0.3 is 21.5 Å². The molecule has 0 atom stereocenters. The fourth-order valence-electron chi connectivity index (χ4n) is 1.12. The number of aliphatic hydroxyl groups excluding tert-OH is 1. The lowest BCUT2D eigenvalue weighted by atomic mass is 10.4. The Bertz CT molecular complexity index is 282. The highest BCUT2D eigenvalue weighted by atomic mass is 16.3. The van der Waals surface area contributed by atoms with E-state index in [0.29, 0.717) is 0 Å². The zero-order valence-electron chi connectivity index (χ0n) is 9.73. The number of likely N-dealkylation sites (N-methyl/N-ethyl adjacent to an activating group) is 1. The molecule has 0 spiro atoms. The van der Waals surface area contributed by atoms with E-state index in [2.05, 4.69) is 10.6 Å². The van der Waals surface area contributed by atoms with Gasteiger partial charge >= 0.3 is 0 Å². The molecule has 17 heavy (non-hydrogen) atoms. The van der Waals surface area contributed by atoms with Crippen LogP contribution in [-0.2, 0) is 14.4 Å². The Hall–Kier alpha value is -1.67. The Morgan fingerprint density at radius 3 is 2.24 bits per heavy atom. The second-order valence-corrected chi connectivity index (χ2v) is 3.36. The number of carbonyl (C=O) groups is 3. The summed E-state index contributed by atoms with van der Waals surface area (Å²) in [5, 5.41) is 13.3. The molecule has 8 heteroatoms. The minimum Gasteiger partial charge on any atom is -0.395 e. The maximum Gasteiger partial charge on any atom is 0.234 e. The summed E-state index contributed by atoms with van der Waals surface area (Å²) in [5.41, 5.74) is 5.00. The number of nitrogens with zero attached hydrogens (tertiary/aromatic N) is 1. The number of nitrogens with two attached hydrogens (primary N) is 1. The number of carbonyl (C=O) groups excluding carboxylic acids is 3. The molecule has 0 aliphatic rings. The van der Waals surface area contributed by atoms with Crippen molar-refractivity contribution in [1.29, 1.82) is 0 Å². The van der Waals surface area contributed by atoms with Gasteiger partial charge in [0.1, 0.15) is 0 Å². The van der Waals surface area contributed by atoms with Gasteiger partial charge in [0, 0.05) is 13.6 Å². The van der Waals surface area contributed by atoms with Crippen LogP contribution in [0.15, 0.2) is 0 Å². The lowest BCUT2D eigenvalue weighted by molar-refractivity contribution is -0.126. The lowest BCUT2D eigenvalue weighted by Gasteiger charge is -2.18. The van der Waals surface area contributed by atoms with E-state index in [4.69, 9.17) is 10.8 Å². The molecule has 0 radical (unpaired) electrons. The standard InChI is InChI=1S/C9H18N4O4/c1-11-8(16)5-13(4-7(10)15)6-9(17)12-2-3-14/h14H,2-6H2,1H3,(H2,10,15)(H,11,16)(H,12,17). The highest BCUT2D eigenvalue weighted by molar-refractivity contribution is 5.83. The predicted octanol–water partition coefficient (Wildman–Crippen LogP) is -3.37. The molecule has 0 fully saturated rings. The fourth-order valence-corrected chi connectivity index (χ4v) is 1.12. The fraction of sp³-hybridized carbons (Fsp3) is 0.667. The summed E-state index contributed by atoms with van der Waals surface area (Å²) >= 11 is 0. The van der Waals surface area contributed by atoms with Crippen molar-refractivity contribution in [2.45, 2.75) is 0 Å². The first-order valence-electron chi connectivity index (χ1n) is 5.08. The smallest absolute Gasteiger partial charge is 0.234 e. The van der Waals surface area contributed by atoms with E-state index < -0.39 is 5.91 Å². The van der Waals surface area contributed by atoms with Crippen LogP contribution in [0.2, 0.25) is 0 Å². The first-order valence-corrected chi connectivity index (χ1v) is 5.08. The molecule has 98 valence electrons. The van der Waals surface area contributed by atoms with Crippen LogP contribution >= 0.6 is 0 Å². The summed E-state index contributed by atoms with van der Waals surface area (Å²) in [6.45, 7) is -0.442. The van der Waals surface area contributed by atoms with Crippen molar-refractivity contribution >= 4 is 17.7 Å². The highest BCUT2D eigenvalue weighted by Crippen LogP contribution is 1.87. The van der Waals surface area contributed by atoms with Gasteiger partial charge in [-0.25, -0.2) is 0 Å². The van der Waals surface area contributed by atoms with E-state index in [0.717, 1.165) is 0 Å². The number of hydrogen-bond donors (Lipinski definition) is 4. The summed E-state index contributed by atoms with van der Waals surface area (Å²) < 4.78 is 0. The second-order valence-electron chi connectivity index (χ2n) is 3.36. The molecular formula is C9H18N4O4. The number of nitrogens with one attached hydrogen (secondary N) is 2. The maximum atomic E-state index is 11.3. The molecule has 0 aromatic rings. The van der Waals surface area contributed by atoms with Crippen molar-refractivity contribution in [3.8, 4) is 0 Å². The second kappa shape index (κ2) is 8.48. The topological polar surface area (TPSA) is 125 Å². The molecule has 0 unspecified atom stereocenters. The predicted molar refractivity (Wildman–Crippen MR) is 59.8 cm³/mol. The highest BCUT2D eigenvalue weighted by Gasteiger charge is 2.15.